The summed E-state index contributed by atoms with van der Waals surface area (Å²) in [6.45, 7) is 0. The average molecular weight is 543 g/mol. The van der Waals surface area contributed by atoms with Crippen molar-refractivity contribution in [3.8, 4) is 28.6 Å². The molecule has 10 heteroatoms. The molecule has 0 aliphatic carbocycles. The highest BCUT2D eigenvalue weighted by molar-refractivity contribution is 6.08. The van der Waals surface area contributed by atoms with Crippen LogP contribution in [0.3, 0.4) is 0 Å². The number of amides is 1. The average Bonchev–Trinajstić information content (AvgIpc) is 3.49. The van der Waals surface area contributed by atoms with Gasteiger partial charge in [0.05, 0.1) is 28.4 Å². The predicted molar refractivity (Wildman–Crippen MR) is 147 cm³/mol. The number of anilines is 1. The molecule has 1 heterocycles. The standard InChI is InChI=1S/C30H26N2O8/c1-36-26-15-21(16-27(37-2)28(26)38-3)24(33)13-10-18-8-11-19(12-9-18)29(34)31-22-7-5-6-20(14-22)25-17-23(32-40-25)30(35)39-4/h5-17H,1-4H3,(H,31,34)/b13-10+. The first-order chi connectivity index (χ1) is 19.4. The fourth-order valence-corrected chi connectivity index (χ4v) is 3.80. The van der Waals surface area contributed by atoms with Crippen molar-refractivity contribution in [1.29, 1.82) is 0 Å². The molecule has 4 aromatic rings. The molecule has 0 saturated heterocycles. The molecule has 0 fully saturated rings. The number of carbonyl (C=O) groups excluding carboxylic acids is 3. The molecule has 4 rings (SSSR count). The molecule has 40 heavy (non-hydrogen) atoms. The molecular weight excluding hydrogens is 516 g/mol. The van der Waals surface area contributed by atoms with Gasteiger partial charge in [0.15, 0.2) is 28.7 Å². The molecule has 0 aliphatic rings. The molecule has 1 N–H and O–H groups in total. The summed E-state index contributed by atoms with van der Waals surface area (Å²) in [6, 6.07) is 18.3. The van der Waals surface area contributed by atoms with Crippen LogP contribution in [0.25, 0.3) is 17.4 Å². The minimum atomic E-state index is -0.608. The van der Waals surface area contributed by atoms with Crippen LogP contribution in [0.2, 0.25) is 0 Å². The van der Waals surface area contributed by atoms with Gasteiger partial charge in [0, 0.05) is 28.4 Å². The Kier molecular flexibility index (Phi) is 8.60. The molecule has 0 unspecified atom stereocenters. The van der Waals surface area contributed by atoms with Crippen molar-refractivity contribution >= 4 is 29.4 Å². The largest absolute Gasteiger partial charge is 0.493 e. The zero-order valence-corrected chi connectivity index (χ0v) is 22.2. The molecule has 0 atom stereocenters. The third kappa shape index (κ3) is 6.18. The third-order valence-corrected chi connectivity index (χ3v) is 5.86. The van der Waals surface area contributed by atoms with Gasteiger partial charge in [-0.3, -0.25) is 9.59 Å². The van der Waals surface area contributed by atoms with Crippen LogP contribution in [0.1, 0.15) is 36.8 Å². The number of carbonyl (C=O) groups is 3. The van der Waals surface area contributed by atoms with Crippen molar-refractivity contribution < 1.29 is 37.9 Å². The van der Waals surface area contributed by atoms with E-state index in [2.05, 4.69) is 15.2 Å². The maximum absolute atomic E-state index is 12.8. The predicted octanol–water partition coefficient (Wildman–Crippen LogP) is 5.30. The molecule has 204 valence electrons. The lowest BCUT2D eigenvalue weighted by molar-refractivity contribution is 0.0589. The molecular formula is C30H26N2O8. The topological polar surface area (TPSA) is 126 Å². The van der Waals surface area contributed by atoms with Gasteiger partial charge < -0.3 is 28.8 Å². The van der Waals surface area contributed by atoms with E-state index in [9.17, 15) is 14.4 Å². The lowest BCUT2D eigenvalue weighted by atomic mass is 10.1. The van der Waals surface area contributed by atoms with Gasteiger partial charge >= 0.3 is 5.97 Å². The van der Waals surface area contributed by atoms with Gasteiger partial charge in [0.1, 0.15) is 0 Å². The summed E-state index contributed by atoms with van der Waals surface area (Å²) >= 11 is 0. The molecule has 0 spiro atoms. The Balaban J connectivity index is 1.43. The highest BCUT2D eigenvalue weighted by atomic mass is 16.5. The molecule has 1 aromatic heterocycles. The number of ether oxygens (including phenoxy) is 4. The third-order valence-electron chi connectivity index (χ3n) is 5.86. The highest BCUT2D eigenvalue weighted by Crippen LogP contribution is 2.38. The second kappa shape index (κ2) is 12.4. The fraction of sp³-hybridized carbons (Fsp3) is 0.133. The van der Waals surface area contributed by atoms with Crippen molar-refractivity contribution in [2.45, 2.75) is 0 Å². The van der Waals surface area contributed by atoms with Crippen molar-refractivity contribution in [2.75, 3.05) is 33.8 Å². The first-order valence-corrected chi connectivity index (χ1v) is 12.0. The van der Waals surface area contributed by atoms with Gasteiger partial charge in [-0.25, -0.2) is 4.79 Å². The van der Waals surface area contributed by atoms with Crippen LogP contribution in [0, 0.1) is 0 Å². The van der Waals surface area contributed by atoms with Crippen LogP contribution in [0.15, 0.2) is 77.3 Å². The van der Waals surface area contributed by atoms with Gasteiger partial charge in [-0.1, -0.05) is 35.5 Å². The normalized spacial score (nSPS) is 10.7. The van der Waals surface area contributed by atoms with Crippen LogP contribution in [0.4, 0.5) is 5.69 Å². The maximum atomic E-state index is 12.8. The number of allylic oxidation sites excluding steroid dienone is 1. The Hall–Kier alpha value is -5.38. The first-order valence-electron chi connectivity index (χ1n) is 12.0. The Morgan fingerprint density at radius 1 is 0.825 bits per heavy atom. The number of rotatable bonds is 10. The number of ketones is 1. The molecule has 3 aromatic carbocycles. The van der Waals surface area contributed by atoms with Crippen molar-refractivity contribution in [1.82, 2.24) is 5.16 Å². The minimum absolute atomic E-state index is 0.0474. The molecule has 0 saturated carbocycles. The SMILES string of the molecule is COC(=O)c1cc(-c2cccc(NC(=O)c3ccc(/C=C/C(=O)c4cc(OC)c(OC)c(OC)c4)cc3)c2)on1. The van der Waals surface area contributed by atoms with Crippen LogP contribution in [0.5, 0.6) is 17.2 Å². The summed E-state index contributed by atoms with van der Waals surface area (Å²) in [5.74, 6) is 0.326. The van der Waals surface area contributed by atoms with Gasteiger partial charge in [-0.05, 0) is 48.0 Å². The van der Waals surface area contributed by atoms with Crippen LogP contribution >= 0.6 is 0 Å². The van der Waals surface area contributed by atoms with Crippen molar-refractivity contribution in [2.24, 2.45) is 0 Å². The lowest BCUT2D eigenvalue weighted by Crippen LogP contribution is -2.11. The number of hydrogen-bond donors (Lipinski definition) is 1. The van der Waals surface area contributed by atoms with E-state index in [0.717, 1.165) is 5.56 Å². The van der Waals surface area contributed by atoms with Crippen LogP contribution in [-0.4, -0.2) is 51.3 Å². The van der Waals surface area contributed by atoms with E-state index >= 15 is 0 Å². The summed E-state index contributed by atoms with van der Waals surface area (Å²) in [5.41, 5.74) is 2.72. The van der Waals surface area contributed by atoms with E-state index in [-0.39, 0.29) is 17.4 Å². The number of benzene rings is 3. The second-order valence-electron chi connectivity index (χ2n) is 8.34. The second-order valence-corrected chi connectivity index (χ2v) is 8.34. The van der Waals surface area contributed by atoms with Gasteiger partial charge in [0.25, 0.3) is 5.91 Å². The number of esters is 1. The van der Waals surface area contributed by atoms with E-state index in [1.807, 2.05) is 0 Å². The molecule has 0 aliphatic heterocycles. The first kappa shape index (κ1) is 27.6. The zero-order chi connectivity index (χ0) is 28.6. The van der Waals surface area contributed by atoms with Crippen LogP contribution in [-0.2, 0) is 4.74 Å². The fourth-order valence-electron chi connectivity index (χ4n) is 3.80. The summed E-state index contributed by atoms with van der Waals surface area (Å²) in [4.78, 5) is 37.2. The van der Waals surface area contributed by atoms with E-state index in [0.29, 0.717) is 45.4 Å². The molecule has 1 amide bonds. The number of aromatic nitrogens is 1. The summed E-state index contributed by atoms with van der Waals surface area (Å²) in [6.07, 6.45) is 3.08. The Labute approximate surface area is 230 Å². The quantitative estimate of drug-likeness (QED) is 0.161. The van der Waals surface area contributed by atoms with Gasteiger partial charge in [-0.15, -0.1) is 0 Å². The number of nitrogens with one attached hydrogen (secondary N) is 1. The van der Waals surface area contributed by atoms with Crippen molar-refractivity contribution in [3.05, 3.63) is 95.2 Å². The zero-order valence-electron chi connectivity index (χ0n) is 22.2. The minimum Gasteiger partial charge on any atom is -0.493 e. The Bertz CT molecular complexity index is 1550. The number of nitrogens with zero attached hydrogens (tertiary/aromatic N) is 1. The van der Waals surface area contributed by atoms with Gasteiger partial charge in [-0.2, -0.15) is 0 Å². The molecule has 0 radical (unpaired) electrons. The maximum Gasteiger partial charge on any atom is 0.360 e. The monoisotopic (exact) mass is 542 g/mol. The summed E-state index contributed by atoms with van der Waals surface area (Å²) < 4.78 is 25.8. The van der Waals surface area contributed by atoms with E-state index in [1.54, 1.807) is 66.7 Å². The van der Waals surface area contributed by atoms with E-state index in [4.69, 9.17) is 18.7 Å². The smallest absolute Gasteiger partial charge is 0.360 e. The van der Waals surface area contributed by atoms with E-state index in [1.165, 1.54) is 40.6 Å². The van der Waals surface area contributed by atoms with Crippen molar-refractivity contribution in [3.63, 3.8) is 0 Å². The number of methoxy groups -OCH3 is 4. The van der Waals surface area contributed by atoms with Crippen LogP contribution < -0.4 is 19.5 Å². The number of hydrogen-bond acceptors (Lipinski definition) is 9. The summed E-state index contributed by atoms with van der Waals surface area (Å²) in [5, 5.41) is 6.53. The Morgan fingerprint density at radius 2 is 1.52 bits per heavy atom. The molecule has 10 nitrogen and oxygen atoms in total. The molecule has 0 bridgehead atoms. The lowest BCUT2D eigenvalue weighted by Gasteiger charge is -2.13. The van der Waals surface area contributed by atoms with Gasteiger partial charge in [0.2, 0.25) is 5.75 Å². The summed E-state index contributed by atoms with van der Waals surface area (Å²) in [7, 11) is 5.71. The highest BCUT2D eigenvalue weighted by Gasteiger charge is 2.16. The Morgan fingerprint density at radius 3 is 2.15 bits per heavy atom. The van der Waals surface area contributed by atoms with E-state index < -0.39 is 5.97 Å².